The highest BCUT2D eigenvalue weighted by Gasteiger charge is 2.09. The Labute approximate surface area is 162 Å². The number of carboxylic acid groups (broad SMARTS) is 1. The number of aliphatic carboxylic acids is 1. The van der Waals surface area contributed by atoms with E-state index in [1.165, 1.54) is 0 Å². The van der Waals surface area contributed by atoms with E-state index >= 15 is 0 Å². The van der Waals surface area contributed by atoms with Gasteiger partial charge in [0.15, 0.2) is 5.58 Å². The molecule has 3 aromatic carbocycles. The number of hydrogen-bond donors (Lipinski definition) is 1. The van der Waals surface area contributed by atoms with Crippen LogP contribution in [-0.4, -0.2) is 22.7 Å². The molecule has 0 aliphatic heterocycles. The van der Waals surface area contributed by atoms with E-state index in [1.807, 2.05) is 54.6 Å². The molecule has 0 saturated heterocycles. The number of nitrogens with zero attached hydrogens (tertiary/aromatic N) is 1. The average Bonchev–Trinajstić information content (AvgIpc) is 3.14. The maximum Gasteiger partial charge on any atom is 0.303 e. The summed E-state index contributed by atoms with van der Waals surface area (Å²) in [6.45, 7) is 0.589. The molecule has 0 amide bonds. The summed E-state index contributed by atoms with van der Waals surface area (Å²) in [5.41, 5.74) is 2.57. The zero-order valence-electron chi connectivity index (χ0n) is 15.4. The summed E-state index contributed by atoms with van der Waals surface area (Å²) in [5.74, 6) is 0.692. The van der Waals surface area contributed by atoms with Gasteiger partial charge in [0.25, 0.3) is 0 Å². The standard InChI is InChI=1S/C23H21NO4/c25-22(26)8-2-1-5-13-27-19-12-11-16-14-18(10-9-17(16)15-19)23-24-20-6-3-4-7-21(20)28-23/h3-4,6-7,9-12,14-15H,1-2,5,8,13H2,(H,25,26). The molecule has 0 aliphatic rings. The number of para-hydroxylation sites is 2. The van der Waals surface area contributed by atoms with Crippen molar-refractivity contribution in [3.63, 3.8) is 0 Å². The minimum Gasteiger partial charge on any atom is -0.494 e. The van der Waals surface area contributed by atoms with Crippen molar-refractivity contribution in [2.45, 2.75) is 25.7 Å². The second-order valence-electron chi connectivity index (χ2n) is 6.76. The first kappa shape index (κ1) is 18.0. The molecule has 0 fully saturated rings. The van der Waals surface area contributed by atoms with Gasteiger partial charge in [-0.1, -0.05) is 24.3 Å². The van der Waals surface area contributed by atoms with E-state index < -0.39 is 5.97 Å². The van der Waals surface area contributed by atoms with Gasteiger partial charge in [-0.2, -0.15) is 0 Å². The minimum atomic E-state index is -0.743. The van der Waals surface area contributed by atoms with Crippen LogP contribution in [0, 0.1) is 0 Å². The molecule has 28 heavy (non-hydrogen) atoms. The molecule has 1 N–H and O–H groups in total. The van der Waals surface area contributed by atoms with E-state index in [-0.39, 0.29) is 6.42 Å². The Hall–Kier alpha value is -3.34. The van der Waals surface area contributed by atoms with Crippen molar-refractivity contribution in [3.05, 3.63) is 60.7 Å². The van der Waals surface area contributed by atoms with Gasteiger partial charge in [0.05, 0.1) is 6.61 Å². The highest BCUT2D eigenvalue weighted by Crippen LogP contribution is 2.29. The Balaban J connectivity index is 1.43. The molecule has 142 valence electrons. The summed E-state index contributed by atoms with van der Waals surface area (Å²) in [6.07, 6.45) is 2.61. The van der Waals surface area contributed by atoms with Crippen molar-refractivity contribution in [1.29, 1.82) is 0 Å². The van der Waals surface area contributed by atoms with Crippen LogP contribution in [0.15, 0.2) is 65.1 Å². The van der Waals surface area contributed by atoms with Crippen molar-refractivity contribution in [2.24, 2.45) is 0 Å². The minimum absolute atomic E-state index is 0.221. The Morgan fingerprint density at radius 1 is 0.964 bits per heavy atom. The SMILES string of the molecule is O=C(O)CCCCCOc1ccc2cc(-c3nc4ccccc4o3)ccc2c1. The van der Waals surface area contributed by atoms with Gasteiger partial charge in [-0.05, 0) is 66.4 Å². The predicted molar refractivity (Wildman–Crippen MR) is 109 cm³/mol. The number of ether oxygens (including phenoxy) is 1. The Kier molecular flexibility index (Phi) is 5.24. The number of oxazole rings is 1. The summed E-state index contributed by atoms with van der Waals surface area (Å²) in [7, 11) is 0. The summed E-state index contributed by atoms with van der Waals surface area (Å²) in [4.78, 5) is 15.1. The number of unbranched alkanes of at least 4 members (excludes halogenated alkanes) is 2. The molecule has 0 atom stereocenters. The zero-order chi connectivity index (χ0) is 19.3. The van der Waals surface area contributed by atoms with Crippen LogP contribution in [0.25, 0.3) is 33.3 Å². The largest absolute Gasteiger partial charge is 0.494 e. The Morgan fingerprint density at radius 2 is 1.79 bits per heavy atom. The molecule has 1 aromatic heterocycles. The van der Waals surface area contributed by atoms with Gasteiger partial charge in [0, 0.05) is 12.0 Å². The first-order valence-corrected chi connectivity index (χ1v) is 9.43. The van der Waals surface area contributed by atoms with Gasteiger partial charge in [-0.15, -0.1) is 0 Å². The van der Waals surface area contributed by atoms with Crippen molar-refractivity contribution in [1.82, 2.24) is 4.98 Å². The third-order valence-corrected chi connectivity index (χ3v) is 4.66. The summed E-state index contributed by atoms with van der Waals surface area (Å²) < 4.78 is 11.7. The molecule has 0 radical (unpaired) electrons. The summed E-state index contributed by atoms with van der Waals surface area (Å²) in [5, 5.41) is 10.8. The van der Waals surface area contributed by atoms with E-state index in [1.54, 1.807) is 0 Å². The fourth-order valence-corrected chi connectivity index (χ4v) is 3.19. The fourth-order valence-electron chi connectivity index (χ4n) is 3.19. The number of carboxylic acids is 1. The second-order valence-corrected chi connectivity index (χ2v) is 6.76. The van der Waals surface area contributed by atoms with Gasteiger partial charge in [-0.3, -0.25) is 4.79 Å². The number of carbonyl (C=O) groups is 1. The van der Waals surface area contributed by atoms with Crippen LogP contribution in [-0.2, 0) is 4.79 Å². The smallest absolute Gasteiger partial charge is 0.303 e. The normalized spacial score (nSPS) is 11.1. The molecule has 5 nitrogen and oxygen atoms in total. The van der Waals surface area contributed by atoms with Gasteiger partial charge < -0.3 is 14.3 Å². The number of fused-ring (bicyclic) bond motifs is 2. The van der Waals surface area contributed by atoms with Crippen molar-refractivity contribution in [2.75, 3.05) is 6.61 Å². The summed E-state index contributed by atoms with van der Waals surface area (Å²) in [6, 6.07) is 19.8. The lowest BCUT2D eigenvalue weighted by atomic mass is 10.1. The van der Waals surface area contributed by atoms with Crippen molar-refractivity contribution >= 4 is 27.8 Å². The molecule has 5 heteroatoms. The van der Waals surface area contributed by atoms with Crippen LogP contribution in [0.3, 0.4) is 0 Å². The van der Waals surface area contributed by atoms with Crippen molar-refractivity contribution in [3.8, 4) is 17.2 Å². The molecule has 0 unspecified atom stereocenters. The van der Waals surface area contributed by atoms with E-state index in [2.05, 4.69) is 11.1 Å². The first-order valence-electron chi connectivity index (χ1n) is 9.43. The number of benzene rings is 3. The number of aromatic nitrogens is 1. The average molecular weight is 375 g/mol. The lowest BCUT2D eigenvalue weighted by molar-refractivity contribution is -0.137. The van der Waals surface area contributed by atoms with Crippen LogP contribution in [0.1, 0.15) is 25.7 Å². The van der Waals surface area contributed by atoms with E-state index in [4.69, 9.17) is 14.3 Å². The topological polar surface area (TPSA) is 72.6 Å². The predicted octanol–water partition coefficient (Wildman–Crippen LogP) is 5.67. The monoisotopic (exact) mass is 375 g/mol. The Bertz CT molecular complexity index is 1080. The second kappa shape index (κ2) is 8.13. The third kappa shape index (κ3) is 4.14. The molecule has 0 spiro atoms. The van der Waals surface area contributed by atoms with Gasteiger partial charge in [0.1, 0.15) is 11.3 Å². The van der Waals surface area contributed by atoms with Crippen LogP contribution >= 0.6 is 0 Å². The van der Waals surface area contributed by atoms with Gasteiger partial charge in [-0.25, -0.2) is 4.98 Å². The van der Waals surface area contributed by atoms with Crippen LogP contribution in [0.5, 0.6) is 5.75 Å². The highest BCUT2D eigenvalue weighted by molar-refractivity contribution is 5.88. The zero-order valence-corrected chi connectivity index (χ0v) is 15.4. The van der Waals surface area contributed by atoms with Gasteiger partial charge in [0.2, 0.25) is 5.89 Å². The molecule has 0 bridgehead atoms. The highest BCUT2D eigenvalue weighted by atomic mass is 16.5. The lowest BCUT2D eigenvalue weighted by Gasteiger charge is -2.08. The van der Waals surface area contributed by atoms with E-state index in [0.717, 1.165) is 46.0 Å². The van der Waals surface area contributed by atoms with E-state index in [0.29, 0.717) is 18.9 Å². The quantitative estimate of drug-likeness (QED) is 0.402. The lowest BCUT2D eigenvalue weighted by Crippen LogP contribution is -1.99. The van der Waals surface area contributed by atoms with Gasteiger partial charge >= 0.3 is 5.97 Å². The molecule has 4 rings (SSSR count). The molecule has 0 aliphatic carbocycles. The van der Waals surface area contributed by atoms with Crippen LogP contribution in [0.2, 0.25) is 0 Å². The third-order valence-electron chi connectivity index (χ3n) is 4.66. The molecule has 0 saturated carbocycles. The van der Waals surface area contributed by atoms with Crippen molar-refractivity contribution < 1.29 is 19.1 Å². The molecular formula is C23H21NO4. The maximum absolute atomic E-state index is 10.5. The number of rotatable bonds is 8. The number of hydrogen-bond acceptors (Lipinski definition) is 4. The molecular weight excluding hydrogens is 354 g/mol. The van der Waals surface area contributed by atoms with Crippen LogP contribution < -0.4 is 4.74 Å². The van der Waals surface area contributed by atoms with Crippen LogP contribution in [0.4, 0.5) is 0 Å². The van der Waals surface area contributed by atoms with E-state index in [9.17, 15) is 4.79 Å². The fraction of sp³-hybridized carbons (Fsp3) is 0.217. The first-order chi connectivity index (χ1) is 13.7. The Morgan fingerprint density at radius 3 is 2.64 bits per heavy atom. The maximum atomic E-state index is 10.5. The molecule has 4 aromatic rings. The summed E-state index contributed by atoms with van der Waals surface area (Å²) >= 11 is 0. The molecule has 1 heterocycles.